The second kappa shape index (κ2) is 5.79. The van der Waals surface area contributed by atoms with Crippen LogP contribution < -0.4 is 11.3 Å². The van der Waals surface area contributed by atoms with Crippen LogP contribution in [0.5, 0.6) is 0 Å². The Hall–Kier alpha value is -0.660. The molecule has 0 spiro atoms. The Morgan fingerprint density at radius 2 is 1.94 bits per heavy atom. The summed E-state index contributed by atoms with van der Waals surface area (Å²) in [6, 6.07) is 3.18. The summed E-state index contributed by atoms with van der Waals surface area (Å²) in [5.74, 6) is 4.65. The van der Waals surface area contributed by atoms with E-state index in [0.29, 0.717) is 10.0 Å². The van der Waals surface area contributed by atoms with Gasteiger partial charge in [-0.25, -0.2) is 4.39 Å². The molecule has 17 heavy (non-hydrogen) atoms. The van der Waals surface area contributed by atoms with Crippen LogP contribution in [0.15, 0.2) is 22.7 Å². The third kappa shape index (κ3) is 5.01. The van der Waals surface area contributed by atoms with Crippen molar-refractivity contribution in [1.82, 2.24) is 5.43 Å². The van der Waals surface area contributed by atoms with E-state index >= 15 is 0 Å². The predicted molar refractivity (Wildman–Crippen MR) is 59.5 cm³/mol. The Morgan fingerprint density at radius 1 is 1.29 bits per heavy atom. The molecule has 0 radical (unpaired) electrons. The maximum atomic E-state index is 13.1. The van der Waals surface area contributed by atoms with Crippen LogP contribution in [0.2, 0.25) is 0 Å². The number of rotatable bonds is 4. The molecule has 0 heterocycles. The summed E-state index contributed by atoms with van der Waals surface area (Å²) < 4.78 is 49.8. The molecule has 0 amide bonds. The van der Waals surface area contributed by atoms with Gasteiger partial charge in [-0.15, -0.1) is 0 Å². The molecule has 0 saturated heterocycles. The molecule has 0 saturated carbocycles. The predicted octanol–water partition coefficient (Wildman–Crippen LogP) is 3.44. The van der Waals surface area contributed by atoms with Crippen LogP contribution in [-0.4, -0.2) is 6.18 Å². The second-order valence-electron chi connectivity index (χ2n) is 3.58. The maximum Gasteiger partial charge on any atom is 0.389 e. The van der Waals surface area contributed by atoms with Gasteiger partial charge in [-0.2, -0.15) is 13.2 Å². The number of nitrogens with two attached hydrogens (primary N) is 1. The van der Waals surface area contributed by atoms with E-state index in [2.05, 4.69) is 21.4 Å². The van der Waals surface area contributed by atoms with E-state index in [9.17, 15) is 17.6 Å². The van der Waals surface area contributed by atoms with E-state index < -0.39 is 24.5 Å². The lowest BCUT2D eigenvalue weighted by Crippen LogP contribution is -2.29. The molecule has 96 valence electrons. The van der Waals surface area contributed by atoms with Crippen molar-refractivity contribution in [3.8, 4) is 0 Å². The molecule has 3 N–H and O–H groups in total. The molecule has 0 aromatic heterocycles. The monoisotopic (exact) mass is 314 g/mol. The number of hydrogen-bond acceptors (Lipinski definition) is 2. The van der Waals surface area contributed by atoms with Gasteiger partial charge in [-0.1, -0.05) is 15.9 Å². The summed E-state index contributed by atoms with van der Waals surface area (Å²) in [6.45, 7) is 0. The van der Waals surface area contributed by atoms with Crippen LogP contribution in [0.1, 0.15) is 24.4 Å². The number of alkyl halides is 3. The maximum absolute atomic E-state index is 13.1. The summed E-state index contributed by atoms with van der Waals surface area (Å²) >= 11 is 3.07. The van der Waals surface area contributed by atoms with E-state index in [0.717, 1.165) is 6.07 Å². The lowest BCUT2D eigenvalue weighted by Gasteiger charge is -2.17. The molecule has 0 aliphatic heterocycles. The Kier molecular flexibility index (Phi) is 4.91. The molecular weight excluding hydrogens is 304 g/mol. The number of benzene rings is 1. The van der Waals surface area contributed by atoms with Gasteiger partial charge in [0.15, 0.2) is 0 Å². The van der Waals surface area contributed by atoms with Gasteiger partial charge >= 0.3 is 6.18 Å². The lowest BCUT2D eigenvalue weighted by atomic mass is 10.0. The Labute approximate surface area is 104 Å². The highest BCUT2D eigenvalue weighted by atomic mass is 79.9. The van der Waals surface area contributed by atoms with Crippen LogP contribution in [0, 0.1) is 5.82 Å². The first-order valence-corrected chi connectivity index (χ1v) is 5.60. The standard InChI is InChI=1S/C10H11BrF4N2/c11-7-3-6(4-8(12)5-7)9(17-16)1-2-10(13,14)15/h3-5,9,17H,1-2,16H2. The number of halogens is 5. The smallest absolute Gasteiger partial charge is 0.271 e. The highest BCUT2D eigenvalue weighted by Crippen LogP contribution is 2.28. The topological polar surface area (TPSA) is 38.0 Å². The third-order valence-corrected chi connectivity index (χ3v) is 2.66. The summed E-state index contributed by atoms with van der Waals surface area (Å²) in [5.41, 5.74) is 2.64. The molecular formula is C10H11BrF4N2. The Morgan fingerprint density at radius 3 is 2.41 bits per heavy atom. The summed E-state index contributed by atoms with van der Waals surface area (Å²) in [5, 5.41) is 0. The van der Waals surface area contributed by atoms with Crippen molar-refractivity contribution in [2.75, 3.05) is 0 Å². The normalized spacial score (nSPS) is 13.8. The average Bonchev–Trinajstić information content (AvgIpc) is 2.15. The average molecular weight is 315 g/mol. The summed E-state index contributed by atoms with van der Waals surface area (Å²) in [6.07, 6.45) is -5.47. The Bertz CT molecular complexity index is 361. The number of hydrazine groups is 1. The fourth-order valence-corrected chi connectivity index (χ4v) is 1.91. The second-order valence-corrected chi connectivity index (χ2v) is 4.49. The molecule has 7 heteroatoms. The Balaban J connectivity index is 2.79. The van der Waals surface area contributed by atoms with E-state index in [-0.39, 0.29) is 6.42 Å². The third-order valence-electron chi connectivity index (χ3n) is 2.20. The molecule has 0 fully saturated rings. The zero-order chi connectivity index (χ0) is 13.1. The molecule has 0 aliphatic rings. The first-order valence-electron chi connectivity index (χ1n) is 4.80. The van der Waals surface area contributed by atoms with E-state index in [1.165, 1.54) is 12.1 Å². The van der Waals surface area contributed by atoms with Gasteiger partial charge in [-0.3, -0.25) is 11.3 Å². The molecule has 1 aromatic rings. The van der Waals surface area contributed by atoms with Crippen molar-refractivity contribution in [3.05, 3.63) is 34.1 Å². The molecule has 1 aromatic carbocycles. The van der Waals surface area contributed by atoms with Gasteiger partial charge in [0.1, 0.15) is 5.82 Å². The highest BCUT2D eigenvalue weighted by molar-refractivity contribution is 9.10. The summed E-state index contributed by atoms with van der Waals surface area (Å²) in [7, 11) is 0. The quantitative estimate of drug-likeness (QED) is 0.507. The summed E-state index contributed by atoms with van der Waals surface area (Å²) in [4.78, 5) is 0. The molecule has 0 aliphatic carbocycles. The minimum atomic E-state index is -4.25. The fraction of sp³-hybridized carbons (Fsp3) is 0.400. The zero-order valence-corrected chi connectivity index (χ0v) is 10.3. The molecule has 1 atom stereocenters. The molecule has 1 unspecified atom stereocenters. The van der Waals surface area contributed by atoms with Crippen LogP contribution in [-0.2, 0) is 0 Å². The molecule has 0 bridgehead atoms. The largest absolute Gasteiger partial charge is 0.389 e. The highest BCUT2D eigenvalue weighted by Gasteiger charge is 2.28. The van der Waals surface area contributed by atoms with Gasteiger partial charge < -0.3 is 0 Å². The minimum absolute atomic E-state index is 0.240. The minimum Gasteiger partial charge on any atom is -0.271 e. The van der Waals surface area contributed by atoms with Crippen molar-refractivity contribution in [2.45, 2.75) is 25.1 Å². The van der Waals surface area contributed by atoms with Crippen molar-refractivity contribution < 1.29 is 17.6 Å². The zero-order valence-electron chi connectivity index (χ0n) is 8.69. The van der Waals surface area contributed by atoms with Crippen LogP contribution in [0.4, 0.5) is 17.6 Å². The van der Waals surface area contributed by atoms with Gasteiger partial charge in [0.2, 0.25) is 0 Å². The van der Waals surface area contributed by atoms with E-state index in [4.69, 9.17) is 5.84 Å². The fourth-order valence-electron chi connectivity index (χ4n) is 1.43. The molecule has 2 nitrogen and oxygen atoms in total. The van der Waals surface area contributed by atoms with Crippen LogP contribution >= 0.6 is 15.9 Å². The number of nitrogens with one attached hydrogen (secondary N) is 1. The number of hydrogen-bond donors (Lipinski definition) is 2. The lowest BCUT2D eigenvalue weighted by molar-refractivity contribution is -0.136. The van der Waals surface area contributed by atoms with Crippen molar-refractivity contribution in [3.63, 3.8) is 0 Å². The van der Waals surface area contributed by atoms with E-state index in [1.807, 2.05) is 0 Å². The van der Waals surface area contributed by atoms with Gasteiger partial charge in [0.05, 0.1) is 0 Å². The van der Waals surface area contributed by atoms with Crippen molar-refractivity contribution >= 4 is 15.9 Å². The van der Waals surface area contributed by atoms with Crippen molar-refractivity contribution in [1.29, 1.82) is 0 Å². The van der Waals surface area contributed by atoms with Gasteiger partial charge in [0, 0.05) is 16.9 Å². The first kappa shape index (κ1) is 14.4. The van der Waals surface area contributed by atoms with Crippen LogP contribution in [0.3, 0.4) is 0 Å². The van der Waals surface area contributed by atoms with E-state index in [1.54, 1.807) is 0 Å². The first-order chi connectivity index (χ1) is 7.81. The van der Waals surface area contributed by atoms with Crippen LogP contribution in [0.25, 0.3) is 0 Å². The molecule has 1 rings (SSSR count). The van der Waals surface area contributed by atoms with Gasteiger partial charge in [-0.05, 0) is 30.2 Å². The SMILES string of the molecule is NNC(CCC(F)(F)F)c1cc(F)cc(Br)c1. The van der Waals surface area contributed by atoms with Gasteiger partial charge in [0.25, 0.3) is 0 Å². The van der Waals surface area contributed by atoms with Crippen molar-refractivity contribution in [2.24, 2.45) is 5.84 Å².